The molecular formula is C24H23N3O3S. The van der Waals surface area contributed by atoms with Gasteiger partial charge >= 0.3 is 5.97 Å². The second-order valence-electron chi connectivity index (χ2n) is 7.70. The molecule has 0 fully saturated rings. The molecule has 0 aliphatic heterocycles. The number of amides is 1. The SMILES string of the molecule is Cc1ccccc1-n1c(C)cc(C(=O)OCC(=O)Nc2sc3c(c2C#N)CCC3)c1C. The first kappa shape index (κ1) is 20.9. The van der Waals surface area contributed by atoms with Crippen LogP contribution in [-0.4, -0.2) is 23.1 Å². The number of thiophene rings is 1. The number of aromatic nitrogens is 1. The third kappa shape index (κ3) is 3.87. The molecule has 1 N–H and O–H groups in total. The van der Waals surface area contributed by atoms with Gasteiger partial charge in [-0.05, 0) is 63.3 Å². The fourth-order valence-electron chi connectivity index (χ4n) is 4.14. The minimum atomic E-state index is -0.544. The molecule has 0 bridgehead atoms. The minimum Gasteiger partial charge on any atom is -0.452 e. The molecule has 0 radical (unpaired) electrons. The largest absolute Gasteiger partial charge is 0.452 e. The number of carbonyl (C=O) groups is 2. The summed E-state index contributed by atoms with van der Waals surface area (Å²) in [5.74, 6) is -0.991. The van der Waals surface area contributed by atoms with Crippen molar-refractivity contribution in [1.82, 2.24) is 4.57 Å². The van der Waals surface area contributed by atoms with Gasteiger partial charge in [-0.2, -0.15) is 5.26 Å². The molecule has 7 heteroatoms. The molecule has 1 amide bonds. The van der Waals surface area contributed by atoms with Gasteiger partial charge in [0.05, 0.1) is 11.1 Å². The van der Waals surface area contributed by atoms with E-state index in [4.69, 9.17) is 4.74 Å². The predicted octanol–water partition coefficient (Wildman–Crippen LogP) is 4.62. The van der Waals surface area contributed by atoms with Crippen LogP contribution >= 0.6 is 11.3 Å². The van der Waals surface area contributed by atoms with Crippen LogP contribution in [0.3, 0.4) is 0 Å². The topological polar surface area (TPSA) is 84.1 Å². The second-order valence-corrected chi connectivity index (χ2v) is 8.81. The van der Waals surface area contributed by atoms with E-state index in [1.165, 1.54) is 11.3 Å². The molecule has 1 aromatic carbocycles. The van der Waals surface area contributed by atoms with E-state index in [0.29, 0.717) is 16.1 Å². The van der Waals surface area contributed by atoms with Crippen molar-refractivity contribution in [1.29, 1.82) is 5.26 Å². The average Bonchev–Trinajstić information content (AvgIpc) is 3.40. The molecule has 3 aromatic rings. The molecule has 2 heterocycles. The summed E-state index contributed by atoms with van der Waals surface area (Å²) in [7, 11) is 0. The minimum absolute atomic E-state index is 0.402. The number of nitrogens with zero attached hydrogens (tertiary/aromatic N) is 2. The maximum absolute atomic E-state index is 12.7. The lowest BCUT2D eigenvalue weighted by atomic mass is 10.1. The Morgan fingerprint density at radius 1 is 1.23 bits per heavy atom. The quantitative estimate of drug-likeness (QED) is 0.595. The molecule has 4 rings (SSSR count). The number of fused-ring (bicyclic) bond motifs is 1. The fourth-order valence-corrected chi connectivity index (χ4v) is 5.39. The lowest BCUT2D eigenvalue weighted by molar-refractivity contribution is -0.119. The van der Waals surface area contributed by atoms with E-state index in [-0.39, 0.29) is 0 Å². The van der Waals surface area contributed by atoms with Crippen molar-refractivity contribution in [3.05, 3.63) is 68.9 Å². The Hall–Kier alpha value is -3.37. The first-order valence-corrected chi connectivity index (χ1v) is 11.0. The highest BCUT2D eigenvalue weighted by molar-refractivity contribution is 7.16. The van der Waals surface area contributed by atoms with Gasteiger partial charge in [-0.3, -0.25) is 4.79 Å². The van der Waals surface area contributed by atoms with Crippen LogP contribution in [0.15, 0.2) is 30.3 Å². The van der Waals surface area contributed by atoms with Crippen molar-refractivity contribution in [2.45, 2.75) is 40.0 Å². The van der Waals surface area contributed by atoms with Crippen LogP contribution < -0.4 is 5.32 Å². The van der Waals surface area contributed by atoms with Crippen molar-refractivity contribution in [3.8, 4) is 11.8 Å². The summed E-state index contributed by atoms with van der Waals surface area (Å²) < 4.78 is 7.30. The number of hydrogen-bond donors (Lipinski definition) is 1. The van der Waals surface area contributed by atoms with Gasteiger partial charge < -0.3 is 14.6 Å². The summed E-state index contributed by atoms with van der Waals surface area (Å²) in [6, 6.07) is 11.9. The van der Waals surface area contributed by atoms with Crippen molar-refractivity contribution >= 4 is 28.2 Å². The van der Waals surface area contributed by atoms with Crippen molar-refractivity contribution < 1.29 is 14.3 Å². The molecule has 1 aliphatic rings. The van der Waals surface area contributed by atoms with Gasteiger partial charge in [0, 0.05) is 22.0 Å². The summed E-state index contributed by atoms with van der Waals surface area (Å²) in [5.41, 5.74) is 5.79. The Morgan fingerprint density at radius 3 is 2.74 bits per heavy atom. The van der Waals surface area contributed by atoms with Crippen LogP contribution in [0.5, 0.6) is 0 Å². The zero-order valence-electron chi connectivity index (χ0n) is 17.7. The van der Waals surface area contributed by atoms with E-state index >= 15 is 0 Å². The number of nitriles is 1. The Bertz CT molecular complexity index is 1230. The normalized spacial score (nSPS) is 12.3. The number of anilines is 1. The summed E-state index contributed by atoms with van der Waals surface area (Å²) >= 11 is 1.44. The van der Waals surface area contributed by atoms with Crippen molar-refractivity contribution in [3.63, 3.8) is 0 Å². The number of rotatable bonds is 5. The molecule has 158 valence electrons. The highest BCUT2D eigenvalue weighted by Gasteiger charge is 2.24. The average molecular weight is 434 g/mol. The third-order valence-electron chi connectivity index (χ3n) is 5.63. The number of aryl methyl sites for hydroxylation is 3. The number of ether oxygens (including phenoxy) is 1. The molecule has 0 atom stereocenters. The molecule has 2 aromatic heterocycles. The summed E-state index contributed by atoms with van der Waals surface area (Å²) in [4.78, 5) is 26.2. The van der Waals surface area contributed by atoms with Crippen LogP contribution in [0, 0.1) is 32.1 Å². The van der Waals surface area contributed by atoms with Gasteiger partial charge in [0.2, 0.25) is 0 Å². The predicted molar refractivity (Wildman–Crippen MR) is 120 cm³/mol. The molecule has 31 heavy (non-hydrogen) atoms. The van der Waals surface area contributed by atoms with Gasteiger partial charge in [-0.1, -0.05) is 18.2 Å². The van der Waals surface area contributed by atoms with Crippen LogP contribution in [0.4, 0.5) is 5.00 Å². The molecule has 0 saturated carbocycles. The maximum atomic E-state index is 12.7. The lowest BCUT2D eigenvalue weighted by Crippen LogP contribution is -2.21. The lowest BCUT2D eigenvalue weighted by Gasteiger charge is -2.12. The fraction of sp³-hybridized carbons (Fsp3) is 0.292. The van der Waals surface area contributed by atoms with Gasteiger partial charge in [0.1, 0.15) is 11.1 Å². The number of para-hydroxylation sites is 1. The van der Waals surface area contributed by atoms with Crippen molar-refractivity contribution in [2.75, 3.05) is 11.9 Å². The van der Waals surface area contributed by atoms with E-state index in [9.17, 15) is 14.9 Å². The zero-order chi connectivity index (χ0) is 22.1. The summed E-state index contributed by atoms with van der Waals surface area (Å²) in [6.45, 7) is 5.41. The third-order valence-corrected chi connectivity index (χ3v) is 6.84. The van der Waals surface area contributed by atoms with Gasteiger partial charge in [0.15, 0.2) is 6.61 Å². The number of hydrogen-bond acceptors (Lipinski definition) is 5. The first-order chi connectivity index (χ1) is 14.9. The van der Waals surface area contributed by atoms with Crippen LogP contribution in [-0.2, 0) is 22.4 Å². The molecule has 0 spiro atoms. The van der Waals surface area contributed by atoms with Gasteiger partial charge in [-0.25, -0.2) is 4.79 Å². The Kier molecular flexibility index (Phi) is 5.66. The van der Waals surface area contributed by atoms with Crippen molar-refractivity contribution in [2.24, 2.45) is 0 Å². The van der Waals surface area contributed by atoms with Gasteiger partial charge in [-0.15, -0.1) is 11.3 Å². The molecule has 6 nitrogen and oxygen atoms in total. The van der Waals surface area contributed by atoms with E-state index in [0.717, 1.165) is 52.3 Å². The van der Waals surface area contributed by atoms with Crippen LogP contribution in [0.2, 0.25) is 0 Å². The van der Waals surface area contributed by atoms with E-state index in [1.807, 2.05) is 49.6 Å². The van der Waals surface area contributed by atoms with E-state index in [1.54, 1.807) is 6.07 Å². The monoisotopic (exact) mass is 433 g/mol. The van der Waals surface area contributed by atoms with Gasteiger partial charge in [0.25, 0.3) is 5.91 Å². The van der Waals surface area contributed by atoms with E-state index in [2.05, 4.69) is 11.4 Å². The Labute approximate surface area is 185 Å². The number of nitrogens with one attached hydrogen (secondary N) is 1. The zero-order valence-corrected chi connectivity index (χ0v) is 18.6. The van der Waals surface area contributed by atoms with E-state index < -0.39 is 18.5 Å². The smallest absolute Gasteiger partial charge is 0.340 e. The summed E-state index contributed by atoms with van der Waals surface area (Å²) in [5, 5.41) is 12.7. The molecule has 0 unspecified atom stereocenters. The number of esters is 1. The highest BCUT2D eigenvalue weighted by Crippen LogP contribution is 2.38. The Balaban J connectivity index is 1.45. The standard InChI is InChI=1S/C24H23N3O3S/c1-14-7-4-5-9-20(14)27-15(2)11-18(16(27)3)24(29)30-13-22(28)26-23-19(12-25)17-8-6-10-21(17)31-23/h4-5,7,9,11H,6,8,10,13H2,1-3H3,(H,26,28). The van der Waals surface area contributed by atoms with Crippen LogP contribution in [0.1, 0.15) is 49.7 Å². The molecular weight excluding hydrogens is 410 g/mol. The molecule has 0 saturated heterocycles. The summed E-state index contributed by atoms with van der Waals surface area (Å²) in [6.07, 6.45) is 2.86. The second kappa shape index (κ2) is 8.40. The number of carbonyl (C=O) groups excluding carboxylic acids is 2. The highest BCUT2D eigenvalue weighted by atomic mass is 32.1. The Morgan fingerprint density at radius 2 is 2.00 bits per heavy atom. The molecule has 1 aliphatic carbocycles. The first-order valence-electron chi connectivity index (χ1n) is 10.2. The number of benzene rings is 1. The van der Waals surface area contributed by atoms with Crippen LogP contribution in [0.25, 0.3) is 5.69 Å². The maximum Gasteiger partial charge on any atom is 0.340 e.